The predicted octanol–water partition coefficient (Wildman–Crippen LogP) is 4.61. The van der Waals surface area contributed by atoms with E-state index in [1.54, 1.807) is 0 Å². The largest absolute Gasteiger partial charge is 0.458 e. The van der Waals surface area contributed by atoms with Crippen LogP contribution < -0.4 is 15.9 Å². The van der Waals surface area contributed by atoms with E-state index in [1.807, 2.05) is 74.5 Å². The molecule has 0 spiro atoms. The van der Waals surface area contributed by atoms with Crippen LogP contribution in [0.25, 0.3) is 0 Å². The van der Waals surface area contributed by atoms with Crippen LogP contribution in [0.1, 0.15) is 37.0 Å². The number of esters is 1. The van der Waals surface area contributed by atoms with Crippen molar-refractivity contribution in [1.29, 1.82) is 0 Å². The van der Waals surface area contributed by atoms with Gasteiger partial charge in [-0.15, -0.1) is 0 Å². The second-order valence-corrected chi connectivity index (χ2v) is 9.64. The first-order valence-electron chi connectivity index (χ1n) is 10.3. The molecule has 0 aliphatic heterocycles. The highest BCUT2D eigenvalue weighted by molar-refractivity contribution is 7.80. The molecule has 0 radical (unpaired) electrons. The molecular formula is C26H27O3P. The third-order valence-corrected chi connectivity index (χ3v) is 7.47. The summed E-state index contributed by atoms with van der Waals surface area (Å²) in [4.78, 5) is 24.0. The van der Waals surface area contributed by atoms with E-state index in [9.17, 15) is 9.59 Å². The van der Waals surface area contributed by atoms with Crippen LogP contribution in [0.5, 0.6) is 0 Å². The predicted molar refractivity (Wildman–Crippen MR) is 124 cm³/mol. The Kier molecular flexibility index (Phi) is 7.93. The summed E-state index contributed by atoms with van der Waals surface area (Å²) >= 11 is 0. The molecule has 0 aliphatic rings. The van der Waals surface area contributed by atoms with Crippen LogP contribution >= 0.6 is 7.92 Å². The van der Waals surface area contributed by atoms with E-state index in [0.717, 1.165) is 11.6 Å². The van der Waals surface area contributed by atoms with Gasteiger partial charge in [0.2, 0.25) is 0 Å². The first kappa shape index (κ1) is 21.9. The van der Waals surface area contributed by atoms with Crippen molar-refractivity contribution in [3.63, 3.8) is 0 Å². The molecule has 0 amide bonds. The molecule has 4 heteroatoms. The SMILES string of the molecule is CC(C)C(CCC=O)OC(=O)c1ccccc1P(c1ccccc1)c1ccccc1. The van der Waals surface area contributed by atoms with E-state index < -0.39 is 7.92 Å². The van der Waals surface area contributed by atoms with Crippen molar-refractivity contribution < 1.29 is 14.3 Å². The summed E-state index contributed by atoms with van der Waals surface area (Å²) in [5.41, 5.74) is 0.591. The third kappa shape index (κ3) is 5.43. The molecule has 0 bridgehead atoms. The number of hydrogen-bond acceptors (Lipinski definition) is 3. The standard InChI is InChI=1S/C26H27O3P/c1-20(2)24(17-11-19-27)29-26(28)23-16-9-10-18-25(23)30(21-12-5-3-6-13-21)22-14-7-4-8-15-22/h3-10,12-16,18-20,24H,11,17H2,1-2H3. The highest BCUT2D eigenvalue weighted by atomic mass is 31.1. The van der Waals surface area contributed by atoms with E-state index in [0.29, 0.717) is 18.4 Å². The number of carbonyl (C=O) groups excluding carboxylic acids is 2. The van der Waals surface area contributed by atoms with Gasteiger partial charge in [0.05, 0.1) is 5.56 Å². The van der Waals surface area contributed by atoms with Crippen molar-refractivity contribution >= 4 is 36.1 Å². The normalized spacial score (nSPS) is 12.0. The van der Waals surface area contributed by atoms with Crippen molar-refractivity contribution in [1.82, 2.24) is 0 Å². The van der Waals surface area contributed by atoms with E-state index in [2.05, 4.69) is 24.3 Å². The Hall–Kier alpha value is -2.77. The van der Waals surface area contributed by atoms with Gasteiger partial charge in [-0.3, -0.25) is 0 Å². The molecule has 0 heterocycles. The van der Waals surface area contributed by atoms with E-state index in [-0.39, 0.29) is 18.0 Å². The molecule has 0 N–H and O–H groups in total. The summed E-state index contributed by atoms with van der Waals surface area (Å²) in [5, 5.41) is 3.34. The molecule has 0 fully saturated rings. The number of benzene rings is 3. The van der Waals surface area contributed by atoms with Crippen LogP contribution in [0.2, 0.25) is 0 Å². The zero-order valence-corrected chi connectivity index (χ0v) is 18.3. The molecule has 0 saturated carbocycles. The molecule has 0 aliphatic carbocycles. The van der Waals surface area contributed by atoms with Crippen molar-refractivity contribution in [2.24, 2.45) is 5.92 Å². The second-order valence-electron chi connectivity index (χ2n) is 7.46. The Morgan fingerprint density at radius 3 is 1.93 bits per heavy atom. The maximum Gasteiger partial charge on any atom is 0.339 e. The molecule has 3 aromatic carbocycles. The van der Waals surface area contributed by atoms with Crippen LogP contribution in [0.4, 0.5) is 0 Å². The summed E-state index contributed by atoms with van der Waals surface area (Å²) < 4.78 is 5.88. The Balaban J connectivity index is 2.01. The van der Waals surface area contributed by atoms with Crippen LogP contribution in [0.15, 0.2) is 84.9 Å². The maximum atomic E-state index is 13.2. The van der Waals surface area contributed by atoms with Gasteiger partial charge in [0, 0.05) is 6.42 Å². The van der Waals surface area contributed by atoms with Gasteiger partial charge in [-0.25, -0.2) is 4.79 Å². The monoisotopic (exact) mass is 418 g/mol. The average Bonchev–Trinajstić information content (AvgIpc) is 2.78. The lowest BCUT2D eigenvalue weighted by atomic mass is 10.0. The third-order valence-electron chi connectivity index (χ3n) is 4.96. The van der Waals surface area contributed by atoms with Gasteiger partial charge >= 0.3 is 5.97 Å². The fourth-order valence-corrected chi connectivity index (χ4v) is 5.82. The number of ether oxygens (including phenoxy) is 1. The molecule has 0 aromatic heterocycles. The molecular weight excluding hydrogens is 391 g/mol. The van der Waals surface area contributed by atoms with Gasteiger partial charge in [-0.2, -0.15) is 0 Å². The number of aldehydes is 1. The van der Waals surface area contributed by atoms with Gasteiger partial charge in [0.1, 0.15) is 12.4 Å². The Morgan fingerprint density at radius 1 is 0.867 bits per heavy atom. The Bertz CT molecular complexity index is 915. The first-order valence-corrected chi connectivity index (χ1v) is 11.6. The first-order chi connectivity index (χ1) is 14.6. The lowest BCUT2D eigenvalue weighted by molar-refractivity contribution is -0.108. The lowest BCUT2D eigenvalue weighted by Gasteiger charge is -2.24. The zero-order valence-electron chi connectivity index (χ0n) is 17.4. The van der Waals surface area contributed by atoms with Crippen molar-refractivity contribution in [2.75, 3.05) is 0 Å². The van der Waals surface area contributed by atoms with Crippen LogP contribution in [-0.2, 0) is 9.53 Å². The summed E-state index contributed by atoms with van der Waals surface area (Å²) in [6, 6.07) is 28.3. The summed E-state index contributed by atoms with van der Waals surface area (Å²) in [6.45, 7) is 4.02. The lowest BCUT2D eigenvalue weighted by Crippen LogP contribution is -2.29. The molecule has 3 rings (SSSR count). The minimum Gasteiger partial charge on any atom is -0.458 e. The number of rotatable bonds is 9. The highest BCUT2D eigenvalue weighted by Crippen LogP contribution is 2.34. The molecule has 1 atom stereocenters. The van der Waals surface area contributed by atoms with Gasteiger partial charge in [0.25, 0.3) is 0 Å². The summed E-state index contributed by atoms with van der Waals surface area (Å²) in [7, 11) is -0.908. The average molecular weight is 418 g/mol. The fraction of sp³-hybridized carbons (Fsp3) is 0.231. The molecule has 30 heavy (non-hydrogen) atoms. The van der Waals surface area contributed by atoms with E-state index in [4.69, 9.17) is 4.74 Å². The molecule has 154 valence electrons. The van der Waals surface area contributed by atoms with E-state index in [1.165, 1.54) is 10.6 Å². The maximum absolute atomic E-state index is 13.2. The molecule has 0 saturated heterocycles. The van der Waals surface area contributed by atoms with Gasteiger partial charge in [-0.05, 0) is 42.2 Å². The smallest absolute Gasteiger partial charge is 0.339 e. The Morgan fingerprint density at radius 2 is 1.40 bits per heavy atom. The molecule has 3 nitrogen and oxygen atoms in total. The van der Waals surface area contributed by atoms with Crippen LogP contribution in [0.3, 0.4) is 0 Å². The van der Waals surface area contributed by atoms with Gasteiger partial charge in [0.15, 0.2) is 0 Å². The van der Waals surface area contributed by atoms with Gasteiger partial charge < -0.3 is 9.53 Å². The van der Waals surface area contributed by atoms with Crippen molar-refractivity contribution in [3.05, 3.63) is 90.5 Å². The van der Waals surface area contributed by atoms with Crippen LogP contribution in [0, 0.1) is 5.92 Å². The number of hydrogen-bond donors (Lipinski definition) is 0. The highest BCUT2D eigenvalue weighted by Gasteiger charge is 2.25. The van der Waals surface area contributed by atoms with Crippen LogP contribution in [-0.4, -0.2) is 18.4 Å². The zero-order chi connectivity index (χ0) is 21.3. The number of carbonyl (C=O) groups is 2. The minimum atomic E-state index is -0.908. The topological polar surface area (TPSA) is 43.4 Å². The van der Waals surface area contributed by atoms with Gasteiger partial charge in [-0.1, -0.05) is 92.7 Å². The summed E-state index contributed by atoms with van der Waals surface area (Å²) in [6.07, 6.45) is 1.52. The minimum absolute atomic E-state index is 0.144. The summed E-state index contributed by atoms with van der Waals surface area (Å²) in [5.74, 6) is -0.180. The Labute approximate surface area is 179 Å². The second kappa shape index (κ2) is 10.8. The fourth-order valence-electron chi connectivity index (χ4n) is 3.38. The molecule has 1 unspecified atom stereocenters. The van der Waals surface area contributed by atoms with E-state index >= 15 is 0 Å². The quantitative estimate of drug-likeness (QED) is 0.290. The van der Waals surface area contributed by atoms with Crippen molar-refractivity contribution in [3.8, 4) is 0 Å². The van der Waals surface area contributed by atoms with Crippen molar-refractivity contribution in [2.45, 2.75) is 32.8 Å². The molecule has 3 aromatic rings.